The topological polar surface area (TPSA) is 58.6 Å². The van der Waals surface area contributed by atoms with Crippen molar-refractivity contribution in [1.29, 1.82) is 0 Å². The fraction of sp³-hybridized carbons (Fsp3) is 0.357. The highest BCUT2D eigenvalue weighted by Gasteiger charge is 2.23. The van der Waals surface area contributed by atoms with Gasteiger partial charge in [-0.15, -0.1) is 0 Å². The van der Waals surface area contributed by atoms with Crippen molar-refractivity contribution in [2.45, 2.75) is 18.9 Å². The molecule has 0 aliphatic heterocycles. The summed E-state index contributed by atoms with van der Waals surface area (Å²) in [7, 11) is 0. The van der Waals surface area contributed by atoms with Gasteiger partial charge in [-0.1, -0.05) is 12.1 Å². The zero-order chi connectivity index (χ0) is 12.8. The number of aliphatic hydroxyl groups excluding tert-OH is 1. The molecule has 0 aromatic heterocycles. The van der Waals surface area contributed by atoms with Crippen molar-refractivity contribution in [3.63, 3.8) is 0 Å². The number of carbonyl (C=O) groups is 1. The Balaban J connectivity index is 1.84. The van der Waals surface area contributed by atoms with Crippen molar-refractivity contribution in [2.75, 3.05) is 13.2 Å². The summed E-state index contributed by atoms with van der Waals surface area (Å²) in [6.45, 7) is 0.226. The first-order chi connectivity index (χ1) is 8.78. The van der Waals surface area contributed by atoms with Crippen molar-refractivity contribution in [2.24, 2.45) is 0 Å². The zero-order valence-corrected chi connectivity index (χ0v) is 10.1. The van der Waals surface area contributed by atoms with Gasteiger partial charge in [-0.2, -0.15) is 0 Å². The van der Waals surface area contributed by atoms with Crippen LogP contribution in [0.25, 0.3) is 6.08 Å². The lowest BCUT2D eigenvalue weighted by Gasteiger charge is -2.03. The second kappa shape index (κ2) is 6.21. The molecule has 1 amide bonds. The van der Waals surface area contributed by atoms with Crippen molar-refractivity contribution < 1.29 is 14.6 Å². The Morgan fingerprint density at radius 2 is 2.11 bits per heavy atom. The summed E-state index contributed by atoms with van der Waals surface area (Å²) < 4.78 is 5.63. The molecule has 4 heteroatoms. The van der Waals surface area contributed by atoms with Gasteiger partial charge in [0.2, 0.25) is 5.91 Å². The highest BCUT2D eigenvalue weighted by atomic mass is 16.5. The van der Waals surface area contributed by atoms with Crippen molar-refractivity contribution in [3.05, 3.63) is 35.9 Å². The third kappa shape index (κ3) is 4.22. The quantitative estimate of drug-likeness (QED) is 0.746. The minimum atomic E-state index is -0.206. The van der Waals surface area contributed by atoms with Gasteiger partial charge in [-0.3, -0.25) is 4.79 Å². The molecule has 1 aromatic rings. The Kier molecular flexibility index (Phi) is 4.36. The van der Waals surface area contributed by atoms with Crippen LogP contribution in [0.5, 0.6) is 5.75 Å². The van der Waals surface area contributed by atoms with Crippen LogP contribution in [0, 0.1) is 0 Å². The monoisotopic (exact) mass is 247 g/mol. The smallest absolute Gasteiger partial charge is 0.244 e. The Bertz CT molecular complexity index is 421. The van der Waals surface area contributed by atoms with E-state index in [1.165, 1.54) is 6.08 Å². The van der Waals surface area contributed by atoms with Crippen LogP contribution >= 0.6 is 0 Å². The molecule has 0 bridgehead atoms. The predicted molar refractivity (Wildman–Crippen MR) is 69.2 cm³/mol. The maximum Gasteiger partial charge on any atom is 0.244 e. The lowest BCUT2D eigenvalue weighted by molar-refractivity contribution is -0.116. The Morgan fingerprint density at radius 1 is 1.39 bits per heavy atom. The summed E-state index contributed by atoms with van der Waals surface area (Å²) >= 11 is 0. The van der Waals surface area contributed by atoms with Crippen LogP contribution in [0.2, 0.25) is 0 Å². The van der Waals surface area contributed by atoms with Crippen molar-refractivity contribution in [1.82, 2.24) is 5.32 Å². The Labute approximate surface area is 106 Å². The third-order valence-electron chi connectivity index (χ3n) is 2.55. The summed E-state index contributed by atoms with van der Waals surface area (Å²) in [6.07, 6.45) is 5.87. The van der Waals surface area contributed by atoms with Gasteiger partial charge in [0.05, 0.1) is 12.7 Å². The molecule has 2 N–H and O–H groups in total. The normalized spacial score (nSPS) is 14.7. The van der Waals surface area contributed by atoms with Crippen LogP contribution in [0.3, 0.4) is 0 Å². The maximum atomic E-state index is 11.3. The van der Waals surface area contributed by atoms with E-state index in [1.807, 2.05) is 24.3 Å². The molecule has 18 heavy (non-hydrogen) atoms. The van der Waals surface area contributed by atoms with Crippen molar-refractivity contribution >= 4 is 12.0 Å². The number of nitrogens with one attached hydrogen (secondary N) is 1. The molecular weight excluding hydrogens is 230 g/mol. The molecule has 0 spiro atoms. The zero-order valence-electron chi connectivity index (χ0n) is 10.1. The number of aliphatic hydroxyl groups is 1. The van der Waals surface area contributed by atoms with E-state index in [0.717, 1.165) is 24.2 Å². The van der Waals surface area contributed by atoms with Crippen LogP contribution < -0.4 is 10.1 Å². The van der Waals surface area contributed by atoms with E-state index < -0.39 is 0 Å². The summed E-state index contributed by atoms with van der Waals surface area (Å²) in [5.41, 5.74) is 0.942. The van der Waals surface area contributed by atoms with E-state index >= 15 is 0 Å². The number of ether oxygens (including phenoxy) is 1. The van der Waals surface area contributed by atoms with Gasteiger partial charge in [0.1, 0.15) is 5.75 Å². The fourth-order valence-electron chi connectivity index (χ4n) is 1.45. The van der Waals surface area contributed by atoms with Gasteiger partial charge in [-0.25, -0.2) is 0 Å². The van der Waals surface area contributed by atoms with E-state index in [9.17, 15) is 4.79 Å². The number of carbonyl (C=O) groups excluding carboxylic acids is 1. The number of rotatable bonds is 6. The lowest BCUT2D eigenvalue weighted by Crippen LogP contribution is -2.24. The van der Waals surface area contributed by atoms with Gasteiger partial charge < -0.3 is 15.2 Å². The summed E-state index contributed by atoms with van der Waals surface area (Å²) in [5.74, 6) is 0.668. The van der Waals surface area contributed by atoms with Gasteiger partial charge in [0, 0.05) is 12.6 Å². The summed E-state index contributed by atoms with van der Waals surface area (Å²) in [4.78, 5) is 11.3. The molecule has 4 nitrogen and oxygen atoms in total. The summed E-state index contributed by atoms with van der Waals surface area (Å²) in [5, 5.41) is 11.1. The minimum absolute atomic E-state index is 0.0488. The largest absolute Gasteiger partial charge is 0.490 e. The van der Waals surface area contributed by atoms with Crippen LogP contribution in [-0.2, 0) is 4.79 Å². The maximum absolute atomic E-state index is 11.3. The molecule has 0 heterocycles. The van der Waals surface area contributed by atoms with Crippen LogP contribution in [-0.4, -0.2) is 30.3 Å². The van der Waals surface area contributed by atoms with Crippen molar-refractivity contribution in [3.8, 4) is 5.75 Å². The SMILES string of the molecule is O=C(/C=C\c1ccc(OC2CC2)cc1)NCCO. The third-order valence-corrected chi connectivity index (χ3v) is 2.55. The first kappa shape index (κ1) is 12.6. The van der Waals surface area contributed by atoms with E-state index in [4.69, 9.17) is 9.84 Å². The predicted octanol–water partition coefficient (Wildman–Crippen LogP) is 1.35. The molecule has 1 saturated carbocycles. The molecule has 0 atom stereocenters. The molecule has 1 fully saturated rings. The molecule has 96 valence electrons. The van der Waals surface area contributed by atoms with E-state index in [1.54, 1.807) is 6.08 Å². The standard InChI is InChI=1S/C14H17NO3/c16-10-9-15-14(17)8-3-11-1-4-12(5-2-11)18-13-6-7-13/h1-5,8,13,16H,6-7,9-10H2,(H,15,17)/b8-3-. The van der Waals surface area contributed by atoms with E-state index in [-0.39, 0.29) is 19.1 Å². The molecule has 1 aliphatic rings. The first-order valence-corrected chi connectivity index (χ1v) is 6.11. The molecule has 0 saturated heterocycles. The first-order valence-electron chi connectivity index (χ1n) is 6.11. The number of amides is 1. The van der Waals surface area contributed by atoms with Gasteiger partial charge in [0.15, 0.2) is 0 Å². The molecule has 1 aliphatic carbocycles. The lowest BCUT2D eigenvalue weighted by atomic mass is 10.2. The second-order valence-electron chi connectivity index (χ2n) is 4.23. The Hall–Kier alpha value is -1.81. The second-order valence-corrected chi connectivity index (χ2v) is 4.23. The molecule has 1 aromatic carbocycles. The fourth-order valence-corrected chi connectivity index (χ4v) is 1.45. The number of benzene rings is 1. The van der Waals surface area contributed by atoms with E-state index in [2.05, 4.69) is 5.32 Å². The molecular formula is C14H17NO3. The van der Waals surface area contributed by atoms with Crippen LogP contribution in [0.15, 0.2) is 30.3 Å². The highest BCUT2D eigenvalue weighted by molar-refractivity contribution is 5.91. The molecule has 0 radical (unpaired) electrons. The van der Waals surface area contributed by atoms with Gasteiger partial charge >= 0.3 is 0 Å². The summed E-state index contributed by atoms with van der Waals surface area (Å²) in [6, 6.07) is 7.63. The molecule has 2 rings (SSSR count). The molecule has 0 unspecified atom stereocenters. The highest BCUT2D eigenvalue weighted by Crippen LogP contribution is 2.26. The van der Waals surface area contributed by atoms with Crippen LogP contribution in [0.1, 0.15) is 18.4 Å². The van der Waals surface area contributed by atoms with Gasteiger partial charge in [0.25, 0.3) is 0 Å². The number of hydrogen-bond donors (Lipinski definition) is 2. The average Bonchev–Trinajstić information content (AvgIpc) is 3.19. The van der Waals surface area contributed by atoms with Crippen LogP contribution in [0.4, 0.5) is 0 Å². The average molecular weight is 247 g/mol. The van der Waals surface area contributed by atoms with E-state index in [0.29, 0.717) is 6.10 Å². The Morgan fingerprint density at radius 3 is 2.72 bits per heavy atom. The van der Waals surface area contributed by atoms with Gasteiger partial charge in [-0.05, 0) is 36.6 Å². The minimum Gasteiger partial charge on any atom is -0.490 e. The number of hydrogen-bond acceptors (Lipinski definition) is 3.